The molecule has 0 spiro atoms. The van der Waals surface area contributed by atoms with Crippen LogP contribution in [0.5, 0.6) is 5.88 Å². The summed E-state index contributed by atoms with van der Waals surface area (Å²) in [6, 6.07) is 15.3. The summed E-state index contributed by atoms with van der Waals surface area (Å²) in [5.74, 6) is 0.671. The Kier molecular flexibility index (Phi) is 4.71. The zero-order valence-corrected chi connectivity index (χ0v) is 13.3. The van der Waals surface area contributed by atoms with Gasteiger partial charge in [-0.15, -0.1) is 0 Å². The van der Waals surface area contributed by atoms with Gasteiger partial charge in [-0.1, -0.05) is 36.4 Å². The van der Waals surface area contributed by atoms with Crippen LogP contribution in [0, 0.1) is 0 Å². The molecule has 0 saturated carbocycles. The first kappa shape index (κ1) is 15.0. The van der Waals surface area contributed by atoms with Crippen LogP contribution >= 0.6 is 0 Å². The van der Waals surface area contributed by atoms with Gasteiger partial charge in [0.2, 0.25) is 5.88 Å². The van der Waals surface area contributed by atoms with Gasteiger partial charge in [-0.25, -0.2) is 4.98 Å². The number of rotatable bonds is 4. The Labute approximate surface area is 132 Å². The molecular weight excluding hydrogens is 274 g/mol. The Morgan fingerprint density at radius 3 is 2.64 bits per heavy atom. The third-order valence-corrected chi connectivity index (χ3v) is 4.33. The molecule has 22 heavy (non-hydrogen) atoms. The number of nitrogens with zero attached hydrogens (tertiary/aromatic N) is 3. The monoisotopic (exact) mass is 297 g/mol. The molecule has 2 aromatic rings. The quantitative estimate of drug-likeness (QED) is 0.867. The number of aromatic nitrogens is 1. The Morgan fingerprint density at radius 2 is 1.95 bits per heavy atom. The molecule has 0 amide bonds. The van der Waals surface area contributed by atoms with Crippen molar-refractivity contribution in [2.24, 2.45) is 0 Å². The fourth-order valence-electron chi connectivity index (χ4n) is 2.99. The van der Waals surface area contributed by atoms with Crippen molar-refractivity contribution in [2.45, 2.75) is 12.6 Å². The minimum absolute atomic E-state index is 0.459. The van der Waals surface area contributed by atoms with Crippen LogP contribution in [0.3, 0.4) is 0 Å². The van der Waals surface area contributed by atoms with E-state index in [2.05, 4.69) is 58.2 Å². The van der Waals surface area contributed by atoms with Crippen LogP contribution in [0.25, 0.3) is 0 Å². The standard InChI is InChI=1S/C18H23N3O/c1-20-10-11-21(13-15-8-9-18(22-2)19-12-15)14-17(20)16-6-4-3-5-7-16/h3-9,12,17H,10-11,13-14H2,1-2H3/t17-/m0/s1. The molecule has 1 fully saturated rings. The summed E-state index contributed by atoms with van der Waals surface area (Å²) >= 11 is 0. The largest absolute Gasteiger partial charge is 0.481 e. The molecule has 0 aliphatic carbocycles. The molecule has 1 aliphatic rings. The van der Waals surface area contributed by atoms with Gasteiger partial charge in [0.1, 0.15) is 0 Å². The average molecular weight is 297 g/mol. The highest BCUT2D eigenvalue weighted by molar-refractivity contribution is 5.21. The van der Waals surface area contributed by atoms with Crippen molar-refractivity contribution in [2.75, 3.05) is 33.8 Å². The van der Waals surface area contributed by atoms with Crippen LogP contribution in [-0.4, -0.2) is 48.6 Å². The fourth-order valence-corrected chi connectivity index (χ4v) is 2.99. The zero-order valence-electron chi connectivity index (χ0n) is 13.3. The van der Waals surface area contributed by atoms with Crippen LogP contribution in [0.1, 0.15) is 17.2 Å². The summed E-state index contributed by atoms with van der Waals surface area (Å²) in [6.07, 6.45) is 1.91. The minimum atomic E-state index is 0.459. The van der Waals surface area contributed by atoms with E-state index < -0.39 is 0 Å². The SMILES string of the molecule is COc1ccc(CN2CCN(C)[C@H](c3ccccc3)C2)cn1. The fraction of sp³-hybridized carbons (Fsp3) is 0.389. The molecular formula is C18H23N3O. The summed E-state index contributed by atoms with van der Waals surface area (Å²) in [6.45, 7) is 4.16. The Hall–Kier alpha value is -1.91. The normalized spacial score (nSPS) is 20.0. The highest BCUT2D eigenvalue weighted by Gasteiger charge is 2.25. The van der Waals surface area contributed by atoms with Crippen molar-refractivity contribution in [3.05, 3.63) is 59.8 Å². The molecule has 1 saturated heterocycles. The summed E-state index contributed by atoms with van der Waals surface area (Å²) in [5.41, 5.74) is 2.62. The van der Waals surface area contributed by atoms with Crippen molar-refractivity contribution < 1.29 is 4.74 Å². The first-order valence-electron chi connectivity index (χ1n) is 7.73. The molecule has 1 atom stereocenters. The Morgan fingerprint density at radius 1 is 1.14 bits per heavy atom. The molecule has 4 nitrogen and oxygen atoms in total. The molecule has 0 unspecified atom stereocenters. The lowest BCUT2D eigenvalue weighted by atomic mass is 10.0. The molecule has 2 heterocycles. The van der Waals surface area contributed by atoms with Crippen molar-refractivity contribution >= 4 is 0 Å². The summed E-state index contributed by atoms with van der Waals surface area (Å²) in [5, 5.41) is 0. The maximum Gasteiger partial charge on any atom is 0.212 e. The molecule has 0 radical (unpaired) electrons. The number of pyridine rings is 1. The van der Waals surface area contributed by atoms with Crippen LogP contribution in [0.4, 0.5) is 0 Å². The second-order valence-electron chi connectivity index (χ2n) is 5.85. The van der Waals surface area contributed by atoms with Gasteiger partial charge in [-0.3, -0.25) is 9.80 Å². The molecule has 0 bridgehead atoms. The number of benzene rings is 1. The lowest BCUT2D eigenvalue weighted by Crippen LogP contribution is -2.46. The number of hydrogen-bond acceptors (Lipinski definition) is 4. The molecule has 1 aromatic heterocycles. The number of methoxy groups -OCH3 is 1. The number of piperazine rings is 1. The highest BCUT2D eigenvalue weighted by Crippen LogP contribution is 2.24. The van der Waals surface area contributed by atoms with E-state index in [0.717, 1.165) is 26.2 Å². The van der Waals surface area contributed by atoms with Gasteiger partial charge >= 0.3 is 0 Å². The summed E-state index contributed by atoms with van der Waals surface area (Å²) in [4.78, 5) is 9.24. The van der Waals surface area contributed by atoms with E-state index in [1.165, 1.54) is 11.1 Å². The van der Waals surface area contributed by atoms with Crippen molar-refractivity contribution in [3.8, 4) is 5.88 Å². The average Bonchev–Trinajstić information content (AvgIpc) is 2.58. The van der Waals surface area contributed by atoms with Gasteiger partial charge in [0.25, 0.3) is 0 Å². The van der Waals surface area contributed by atoms with E-state index in [9.17, 15) is 0 Å². The smallest absolute Gasteiger partial charge is 0.212 e. The maximum atomic E-state index is 5.12. The number of likely N-dealkylation sites (N-methyl/N-ethyl adjacent to an activating group) is 1. The lowest BCUT2D eigenvalue weighted by Gasteiger charge is -2.39. The van der Waals surface area contributed by atoms with E-state index in [1.54, 1.807) is 7.11 Å². The topological polar surface area (TPSA) is 28.6 Å². The van der Waals surface area contributed by atoms with E-state index in [1.807, 2.05) is 12.3 Å². The zero-order chi connectivity index (χ0) is 15.4. The summed E-state index contributed by atoms with van der Waals surface area (Å²) in [7, 11) is 3.86. The van der Waals surface area contributed by atoms with Crippen molar-refractivity contribution in [3.63, 3.8) is 0 Å². The van der Waals surface area contributed by atoms with Crippen LogP contribution in [-0.2, 0) is 6.54 Å². The van der Waals surface area contributed by atoms with E-state index >= 15 is 0 Å². The minimum Gasteiger partial charge on any atom is -0.481 e. The third-order valence-electron chi connectivity index (χ3n) is 4.33. The predicted octanol–water partition coefficient (Wildman–Crippen LogP) is 2.58. The van der Waals surface area contributed by atoms with Gasteiger partial charge in [-0.2, -0.15) is 0 Å². The molecule has 4 heteroatoms. The van der Waals surface area contributed by atoms with Gasteiger partial charge in [-0.05, 0) is 18.2 Å². The molecule has 1 aliphatic heterocycles. The van der Waals surface area contributed by atoms with Crippen molar-refractivity contribution in [1.82, 2.24) is 14.8 Å². The molecule has 1 aromatic carbocycles. The Bertz CT molecular complexity index is 585. The van der Waals surface area contributed by atoms with E-state index in [0.29, 0.717) is 11.9 Å². The lowest BCUT2D eigenvalue weighted by molar-refractivity contribution is 0.0904. The van der Waals surface area contributed by atoms with Crippen LogP contribution in [0.15, 0.2) is 48.7 Å². The molecule has 116 valence electrons. The van der Waals surface area contributed by atoms with Crippen LogP contribution in [0.2, 0.25) is 0 Å². The van der Waals surface area contributed by atoms with Gasteiger partial charge in [0, 0.05) is 44.5 Å². The molecule has 3 rings (SSSR count). The van der Waals surface area contributed by atoms with Crippen LogP contribution < -0.4 is 4.74 Å². The first-order chi connectivity index (χ1) is 10.8. The Balaban J connectivity index is 1.67. The number of hydrogen-bond donors (Lipinski definition) is 0. The highest BCUT2D eigenvalue weighted by atomic mass is 16.5. The van der Waals surface area contributed by atoms with E-state index in [-0.39, 0.29) is 0 Å². The van der Waals surface area contributed by atoms with Gasteiger partial charge < -0.3 is 4.74 Å². The predicted molar refractivity (Wildman–Crippen MR) is 87.9 cm³/mol. The van der Waals surface area contributed by atoms with Gasteiger partial charge in [0.05, 0.1) is 7.11 Å². The molecule has 0 N–H and O–H groups in total. The first-order valence-corrected chi connectivity index (χ1v) is 7.73. The maximum absolute atomic E-state index is 5.12. The van der Waals surface area contributed by atoms with Crippen molar-refractivity contribution in [1.29, 1.82) is 0 Å². The number of ether oxygens (including phenoxy) is 1. The second kappa shape index (κ2) is 6.90. The second-order valence-corrected chi connectivity index (χ2v) is 5.85. The third kappa shape index (κ3) is 3.46. The summed E-state index contributed by atoms with van der Waals surface area (Å²) < 4.78 is 5.12. The van der Waals surface area contributed by atoms with E-state index in [4.69, 9.17) is 4.74 Å². The van der Waals surface area contributed by atoms with Gasteiger partial charge in [0.15, 0.2) is 0 Å².